The second-order valence-electron chi connectivity index (χ2n) is 19.9. The third-order valence-electron chi connectivity index (χ3n) is 14.1. The maximum atomic E-state index is 14.7. The highest BCUT2D eigenvalue weighted by Crippen LogP contribution is 2.46. The van der Waals surface area contributed by atoms with Gasteiger partial charge in [-0.25, -0.2) is 10.4 Å². The SMILES string of the molecule is CCO[C@@H]1c2nc(cs2)-c2ccc3c(c2)c(c(-c2cc(N4CCN(C)CC4)cnc2[C@H](C)OC)n3CCOC(C)C)CC(C)(C)COC(=O)[C@@H]2CCCN(N2)C(=O)[C@H]1NC(=O)C1[C@@H](C)[C@H]1C. The Hall–Kier alpha value is -4.45. The van der Waals surface area contributed by atoms with Gasteiger partial charge in [-0.3, -0.25) is 24.4 Å². The van der Waals surface area contributed by atoms with Gasteiger partial charge in [-0.2, -0.15) is 0 Å². The van der Waals surface area contributed by atoms with Crippen LogP contribution in [0.25, 0.3) is 33.4 Å². The van der Waals surface area contributed by atoms with Gasteiger partial charge in [0.05, 0.1) is 54.4 Å². The molecule has 1 saturated carbocycles. The van der Waals surface area contributed by atoms with Gasteiger partial charge in [0.2, 0.25) is 5.91 Å². The zero-order chi connectivity index (χ0) is 47.0. The van der Waals surface area contributed by atoms with Crippen molar-refractivity contribution in [3.8, 4) is 22.5 Å². The molecule has 0 radical (unpaired) electrons. The topological polar surface area (TPSA) is 153 Å². The molecule has 3 aliphatic heterocycles. The number of nitrogens with zero attached hydrogens (tertiary/aromatic N) is 6. The average Bonchev–Trinajstić information content (AvgIpc) is 3.56. The fraction of sp³-hybridized carbons (Fsp3) is 0.620. The number of likely N-dealkylation sites (N-methyl/N-ethyl adjacent to an activating group) is 1. The number of fused-ring (bicyclic) bond motifs is 6. The van der Waals surface area contributed by atoms with Crippen molar-refractivity contribution in [1.82, 2.24) is 35.2 Å². The van der Waals surface area contributed by atoms with Crippen molar-refractivity contribution in [2.75, 3.05) is 71.6 Å². The highest BCUT2D eigenvalue weighted by molar-refractivity contribution is 7.10. The largest absolute Gasteiger partial charge is 0.464 e. The van der Waals surface area contributed by atoms with Gasteiger partial charge in [0.25, 0.3) is 5.91 Å². The van der Waals surface area contributed by atoms with E-state index < -0.39 is 29.6 Å². The highest BCUT2D eigenvalue weighted by Gasteiger charge is 2.50. The molecule has 2 N–H and O–H groups in total. The van der Waals surface area contributed by atoms with Gasteiger partial charge in [0.15, 0.2) is 0 Å². The van der Waals surface area contributed by atoms with Crippen LogP contribution in [-0.4, -0.2) is 127 Å². The molecule has 2 amide bonds. The van der Waals surface area contributed by atoms with Crippen LogP contribution < -0.4 is 15.6 Å². The van der Waals surface area contributed by atoms with Crippen LogP contribution in [0.4, 0.5) is 5.69 Å². The third kappa shape index (κ3) is 10.0. The summed E-state index contributed by atoms with van der Waals surface area (Å²) >= 11 is 1.41. The molecule has 66 heavy (non-hydrogen) atoms. The number of aromatic nitrogens is 3. The standard InChI is InChI=1S/C50H70N8O7S/c1-11-63-45-43(53-46(59)41-30(4)31(41)5)48(60)58-16-12-13-38(54-58)49(61)65-28-50(7,8)25-37-35-23-33(39-27-66-47(45)52-39)14-15-40(35)57(21-22-64-29(2)3)44(37)36-24-34(26-51-42(36)32(6)62-10)56-19-17-55(9)18-20-56/h14-15,23-24,26-27,29-32,38,41,43,45,54H,11-13,16-22,25,28H2,1-10H3,(H,53,59)/t30-,31+,32-,38-,41?,43-,45-/m0/s1. The second kappa shape index (κ2) is 20.0. The van der Waals surface area contributed by atoms with E-state index in [2.05, 4.69) is 98.0 Å². The maximum Gasteiger partial charge on any atom is 0.324 e. The normalized spacial score (nSPS) is 25.5. The summed E-state index contributed by atoms with van der Waals surface area (Å²) in [6.07, 6.45) is 2.48. The lowest BCUT2D eigenvalue weighted by atomic mass is 9.84. The Morgan fingerprint density at radius 2 is 1.83 bits per heavy atom. The van der Waals surface area contributed by atoms with E-state index in [1.807, 2.05) is 25.4 Å². The van der Waals surface area contributed by atoms with E-state index in [0.717, 1.165) is 76.5 Å². The number of benzene rings is 1. The van der Waals surface area contributed by atoms with Gasteiger partial charge in [0, 0.05) is 91.7 Å². The van der Waals surface area contributed by atoms with Gasteiger partial charge in [-0.1, -0.05) is 33.8 Å². The minimum absolute atomic E-state index is 0.0476. The number of methoxy groups -OCH3 is 1. The van der Waals surface area contributed by atoms with Crippen molar-refractivity contribution in [3.63, 3.8) is 0 Å². The van der Waals surface area contributed by atoms with E-state index in [1.54, 1.807) is 7.11 Å². The quantitative estimate of drug-likeness (QED) is 0.144. The molecule has 4 aromatic rings. The number of piperazine rings is 1. The molecule has 2 saturated heterocycles. The van der Waals surface area contributed by atoms with Crippen molar-refractivity contribution in [2.45, 2.75) is 112 Å². The molecular weight excluding hydrogens is 857 g/mol. The van der Waals surface area contributed by atoms with Crippen LogP contribution in [0.5, 0.6) is 0 Å². The lowest BCUT2D eigenvalue weighted by Crippen LogP contribution is -2.61. The molecule has 7 atom stereocenters. The summed E-state index contributed by atoms with van der Waals surface area (Å²) in [5.74, 6) is -0.778. The van der Waals surface area contributed by atoms with Crippen LogP contribution in [0.15, 0.2) is 35.8 Å². The number of cyclic esters (lactones) is 1. The van der Waals surface area contributed by atoms with Crippen molar-refractivity contribution >= 4 is 45.7 Å². The van der Waals surface area contributed by atoms with Crippen molar-refractivity contribution in [1.29, 1.82) is 0 Å². The Morgan fingerprint density at radius 3 is 2.53 bits per heavy atom. The molecule has 3 aromatic heterocycles. The fourth-order valence-corrected chi connectivity index (χ4v) is 10.8. The number of anilines is 1. The van der Waals surface area contributed by atoms with Crippen molar-refractivity contribution in [3.05, 3.63) is 52.1 Å². The van der Waals surface area contributed by atoms with Crippen LogP contribution in [0.2, 0.25) is 0 Å². The van der Waals surface area contributed by atoms with E-state index in [9.17, 15) is 14.4 Å². The van der Waals surface area contributed by atoms with E-state index >= 15 is 0 Å². The molecule has 0 spiro atoms. The monoisotopic (exact) mass is 927 g/mol. The minimum atomic E-state index is -1.09. The molecule has 4 aliphatic rings. The van der Waals surface area contributed by atoms with Crippen LogP contribution in [0.1, 0.15) is 96.7 Å². The molecule has 358 valence electrons. The van der Waals surface area contributed by atoms with E-state index in [1.165, 1.54) is 16.3 Å². The number of rotatable bonds is 12. The van der Waals surface area contributed by atoms with Gasteiger partial charge >= 0.3 is 5.97 Å². The number of carbonyl (C=O) groups excluding carboxylic acids is 3. The molecule has 1 aliphatic carbocycles. The summed E-state index contributed by atoms with van der Waals surface area (Å²) < 4.78 is 27.3. The number of hydrogen-bond acceptors (Lipinski definition) is 13. The Balaban J connectivity index is 1.32. The van der Waals surface area contributed by atoms with Crippen LogP contribution >= 0.6 is 11.3 Å². The predicted molar refractivity (Wildman–Crippen MR) is 257 cm³/mol. The molecule has 15 nitrogen and oxygen atoms in total. The molecule has 3 fully saturated rings. The fourth-order valence-electron chi connectivity index (χ4n) is 9.89. The van der Waals surface area contributed by atoms with Crippen molar-refractivity contribution in [2.24, 2.45) is 23.2 Å². The van der Waals surface area contributed by atoms with Gasteiger partial charge in [-0.05, 0) is 89.6 Å². The first-order valence-electron chi connectivity index (χ1n) is 23.9. The lowest BCUT2D eigenvalue weighted by Gasteiger charge is -2.37. The minimum Gasteiger partial charge on any atom is -0.464 e. The van der Waals surface area contributed by atoms with Crippen LogP contribution in [0.3, 0.4) is 0 Å². The number of hydrazine groups is 1. The number of hydrogen-bond donors (Lipinski definition) is 2. The first kappa shape index (κ1) is 48.0. The molecule has 16 heteroatoms. The predicted octanol–water partition coefficient (Wildman–Crippen LogP) is 6.80. The van der Waals surface area contributed by atoms with Crippen molar-refractivity contribution < 1.29 is 33.3 Å². The lowest BCUT2D eigenvalue weighted by molar-refractivity contribution is -0.156. The summed E-state index contributed by atoms with van der Waals surface area (Å²) in [6.45, 7) is 22.0. The summed E-state index contributed by atoms with van der Waals surface area (Å²) in [7, 11) is 3.88. The maximum absolute atomic E-state index is 14.7. The molecular formula is C50H70N8O7S. The van der Waals surface area contributed by atoms with Gasteiger partial charge in [-0.15, -0.1) is 11.3 Å². The number of nitrogens with one attached hydrogen (secondary N) is 2. The molecule has 1 unspecified atom stereocenters. The van der Waals surface area contributed by atoms with Gasteiger partial charge in [0.1, 0.15) is 23.2 Å². The highest BCUT2D eigenvalue weighted by atomic mass is 32.1. The Bertz CT molecular complexity index is 2380. The molecule has 8 rings (SSSR count). The van der Waals surface area contributed by atoms with E-state index in [0.29, 0.717) is 44.0 Å². The molecule has 6 heterocycles. The van der Waals surface area contributed by atoms with Gasteiger partial charge < -0.3 is 38.6 Å². The van der Waals surface area contributed by atoms with Crippen LogP contribution in [0, 0.1) is 23.2 Å². The van der Waals surface area contributed by atoms with E-state index in [4.69, 9.17) is 28.9 Å². The molecule has 1 aromatic carbocycles. The number of carbonyl (C=O) groups is 3. The number of esters is 1. The summed E-state index contributed by atoms with van der Waals surface area (Å²) in [5, 5.41) is 8.20. The zero-order valence-electron chi connectivity index (χ0n) is 40.5. The number of thiazole rings is 1. The Kier molecular flexibility index (Phi) is 14.6. The summed E-state index contributed by atoms with van der Waals surface area (Å²) in [4.78, 5) is 57.7. The number of amides is 2. The van der Waals surface area contributed by atoms with Crippen LogP contribution in [-0.2, 0) is 46.3 Å². The Labute approximate surface area is 393 Å². The Morgan fingerprint density at radius 1 is 1.08 bits per heavy atom. The summed E-state index contributed by atoms with van der Waals surface area (Å²) in [6, 6.07) is 6.93. The third-order valence-corrected chi connectivity index (χ3v) is 15.0. The first-order valence-corrected chi connectivity index (χ1v) is 24.8. The first-order chi connectivity index (χ1) is 31.6. The number of pyridine rings is 1. The second-order valence-corrected chi connectivity index (χ2v) is 20.8. The molecule has 6 bridgehead atoms. The zero-order valence-corrected chi connectivity index (χ0v) is 41.3. The smallest absolute Gasteiger partial charge is 0.324 e. The summed E-state index contributed by atoms with van der Waals surface area (Å²) in [5.41, 5.74) is 10.3. The average molecular weight is 927 g/mol. The van der Waals surface area contributed by atoms with E-state index in [-0.39, 0.29) is 55.0 Å². The number of ether oxygens (including phenoxy) is 4.